The summed E-state index contributed by atoms with van der Waals surface area (Å²) >= 11 is 0. The minimum absolute atomic E-state index is 0. The summed E-state index contributed by atoms with van der Waals surface area (Å²) in [5.41, 5.74) is 11.3. The molecular weight excluding hydrogens is 200 g/mol. The Morgan fingerprint density at radius 1 is 1.36 bits per heavy atom. The van der Waals surface area contributed by atoms with Gasteiger partial charge in [-0.25, -0.2) is 0 Å². The molecule has 14 heavy (non-hydrogen) atoms. The molecule has 1 aromatic heterocycles. The smallest absolute Gasteiger partial charge is 0.120 e. The van der Waals surface area contributed by atoms with Crippen LogP contribution in [0, 0.1) is 6.92 Å². The Balaban J connectivity index is 0.00000169. The fraction of sp³-hybridized carbons (Fsp3) is 0.600. The van der Waals surface area contributed by atoms with E-state index >= 15 is 0 Å². The molecular formula is C10H19ClN2O. The minimum atomic E-state index is 0. The van der Waals surface area contributed by atoms with E-state index in [-0.39, 0.29) is 18.4 Å². The van der Waals surface area contributed by atoms with Gasteiger partial charge in [0.1, 0.15) is 11.5 Å². The number of rotatable bonds is 5. The highest BCUT2D eigenvalue weighted by molar-refractivity contribution is 5.85. The third-order valence-electron chi connectivity index (χ3n) is 2.10. The van der Waals surface area contributed by atoms with Crippen LogP contribution < -0.4 is 11.5 Å². The highest BCUT2D eigenvalue weighted by atomic mass is 35.5. The maximum absolute atomic E-state index is 5.91. The summed E-state index contributed by atoms with van der Waals surface area (Å²) in [7, 11) is 0. The number of unbranched alkanes of at least 4 members (excludes halogenated alkanes) is 1. The van der Waals surface area contributed by atoms with Crippen molar-refractivity contribution in [2.45, 2.75) is 32.2 Å². The molecule has 0 fully saturated rings. The first kappa shape index (κ1) is 13.5. The number of hydrogen-bond acceptors (Lipinski definition) is 3. The molecule has 0 radical (unpaired) electrons. The zero-order chi connectivity index (χ0) is 9.68. The van der Waals surface area contributed by atoms with Gasteiger partial charge in [0, 0.05) is 0 Å². The van der Waals surface area contributed by atoms with Crippen molar-refractivity contribution in [1.82, 2.24) is 0 Å². The van der Waals surface area contributed by atoms with E-state index < -0.39 is 0 Å². The van der Waals surface area contributed by atoms with Crippen LogP contribution >= 0.6 is 12.4 Å². The second kappa shape index (κ2) is 6.87. The highest BCUT2D eigenvalue weighted by Crippen LogP contribution is 2.18. The first-order valence-corrected chi connectivity index (χ1v) is 4.76. The van der Waals surface area contributed by atoms with Crippen LogP contribution in [0.3, 0.4) is 0 Å². The van der Waals surface area contributed by atoms with Crippen LogP contribution in [0.15, 0.2) is 16.5 Å². The average Bonchev–Trinajstić information content (AvgIpc) is 2.52. The lowest BCUT2D eigenvalue weighted by Crippen LogP contribution is -2.10. The zero-order valence-electron chi connectivity index (χ0n) is 8.53. The largest absolute Gasteiger partial charge is 0.465 e. The average molecular weight is 219 g/mol. The second-order valence-electron chi connectivity index (χ2n) is 3.34. The van der Waals surface area contributed by atoms with Crippen LogP contribution in [0.4, 0.5) is 0 Å². The van der Waals surface area contributed by atoms with Crippen molar-refractivity contribution in [2.75, 3.05) is 6.54 Å². The molecule has 0 aliphatic heterocycles. The number of nitrogens with two attached hydrogens (primary N) is 2. The fourth-order valence-electron chi connectivity index (χ4n) is 1.30. The number of aryl methyl sites for hydroxylation is 1. The van der Waals surface area contributed by atoms with Crippen molar-refractivity contribution < 1.29 is 4.42 Å². The molecule has 0 saturated heterocycles. The van der Waals surface area contributed by atoms with Crippen molar-refractivity contribution in [2.24, 2.45) is 11.5 Å². The zero-order valence-corrected chi connectivity index (χ0v) is 9.35. The van der Waals surface area contributed by atoms with E-state index in [9.17, 15) is 0 Å². The molecule has 0 saturated carbocycles. The van der Waals surface area contributed by atoms with E-state index in [4.69, 9.17) is 15.9 Å². The number of furan rings is 1. The van der Waals surface area contributed by atoms with Crippen LogP contribution in [0.25, 0.3) is 0 Å². The van der Waals surface area contributed by atoms with Gasteiger partial charge in [-0.05, 0) is 38.4 Å². The summed E-state index contributed by atoms with van der Waals surface area (Å²) < 4.78 is 5.42. The lowest BCUT2D eigenvalue weighted by atomic mass is 10.1. The molecule has 0 unspecified atom stereocenters. The SMILES string of the molecule is Cc1ccc([C@H](N)CCCCN)o1.Cl. The van der Waals surface area contributed by atoms with Gasteiger partial charge in [-0.2, -0.15) is 0 Å². The van der Waals surface area contributed by atoms with Crippen molar-refractivity contribution in [1.29, 1.82) is 0 Å². The predicted octanol–water partition coefficient (Wildman–Crippen LogP) is 2.14. The van der Waals surface area contributed by atoms with Gasteiger partial charge in [0.15, 0.2) is 0 Å². The summed E-state index contributed by atoms with van der Waals surface area (Å²) in [5, 5.41) is 0. The molecule has 0 aromatic carbocycles. The summed E-state index contributed by atoms with van der Waals surface area (Å²) in [5.74, 6) is 1.80. The third-order valence-corrected chi connectivity index (χ3v) is 2.10. The minimum Gasteiger partial charge on any atom is -0.465 e. The van der Waals surface area contributed by atoms with Crippen molar-refractivity contribution >= 4 is 12.4 Å². The molecule has 4 N–H and O–H groups in total. The molecule has 0 bridgehead atoms. The van der Waals surface area contributed by atoms with Crippen LogP contribution in [0.5, 0.6) is 0 Å². The Morgan fingerprint density at radius 3 is 2.57 bits per heavy atom. The van der Waals surface area contributed by atoms with E-state index in [0.717, 1.165) is 37.3 Å². The van der Waals surface area contributed by atoms with E-state index in [2.05, 4.69) is 0 Å². The summed E-state index contributed by atoms with van der Waals surface area (Å²) in [4.78, 5) is 0. The van der Waals surface area contributed by atoms with Gasteiger partial charge in [-0.3, -0.25) is 0 Å². The molecule has 3 nitrogen and oxygen atoms in total. The Kier molecular flexibility index (Phi) is 6.62. The van der Waals surface area contributed by atoms with Gasteiger partial charge in [0.25, 0.3) is 0 Å². The fourth-order valence-corrected chi connectivity index (χ4v) is 1.30. The topological polar surface area (TPSA) is 65.2 Å². The van der Waals surface area contributed by atoms with E-state index in [1.54, 1.807) is 0 Å². The quantitative estimate of drug-likeness (QED) is 0.745. The highest BCUT2D eigenvalue weighted by Gasteiger charge is 2.08. The lowest BCUT2D eigenvalue weighted by Gasteiger charge is -2.07. The summed E-state index contributed by atoms with van der Waals surface area (Å²) in [6, 6.07) is 3.92. The molecule has 82 valence electrons. The van der Waals surface area contributed by atoms with Gasteiger partial charge >= 0.3 is 0 Å². The number of hydrogen-bond donors (Lipinski definition) is 2. The molecule has 0 spiro atoms. The van der Waals surface area contributed by atoms with Gasteiger partial charge in [0.2, 0.25) is 0 Å². The van der Waals surface area contributed by atoms with E-state index in [1.165, 1.54) is 0 Å². The Labute approximate surface area is 91.2 Å². The van der Waals surface area contributed by atoms with E-state index in [0.29, 0.717) is 0 Å². The Morgan fingerprint density at radius 2 is 2.07 bits per heavy atom. The van der Waals surface area contributed by atoms with E-state index in [1.807, 2.05) is 19.1 Å². The van der Waals surface area contributed by atoms with Gasteiger partial charge in [-0.15, -0.1) is 12.4 Å². The molecule has 1 aromatic rings. The molecule has 4 heteroatoms. The first-order chi connectivity index (χ1) is 6.24. The van der Waals surface area contributed by atoms with Gasteiger partial charge in [-0.1, -0.05) is 6.42 Å². The van der Waals surface area contributed by atoms with Crippen molar-refractivity contribution in [3.05, 3.63) is 23.7 Å². The van der Waals surface area contributed by atoms with Crippen LogP contribution in [0.2, 0.25) is 0 Å². The normalized spacial score (nSPS) is 12.2. The summed E-state index contributed by atoms with van der Waals surface area (Å²) in [6.07, 6.45) is 3.05. The molecule has 0 aliphatic rings. The van der Waals surface area contributed by atoms with Crippen LogP contribution in [-0.4, -0.2) is 6.54 Å². The molecule has 1 atom stereocenters. The molecule has 1 heterocycles. The third kappa shape index (κ3) is 4.13. The van der Waals surface area contributed by atoms with Crippen LogP contribution in [0.1, 0.15) is 36.8 Å². The maximum Gasteiger partial charge on any atom is 0.120 e. The van der Waals surface area contributed by atoms with Crippen LogP contribution in [-0.2, 0) is 0 Å². The van der Waals surface area contributed by atoms with Gasteiger partial charge < -0.3 is 15.9 Å². The second-order valence-corrected chi connectivity index (χ2v) is 3.34. The predicted molar refractivity (Wildman–Crippen MR) is 60.5 cm³/mol. The van der Waals surface area contributed by atoms with Crippen molar-refractivity contribution in [3.8, 4) is 0 Å². The Bertz CT molecular complexity index is 250. The number of halogens is 1. The molecule has 1 rings (SSSR count). The van der Waals surface area contributed by atoms with Gasteiger partial charge in [0.05, 0.1) is 6.04 Å². The first-order valence-electron chi connectivity index (χ1n) is 4.76. The Hall–Kier alpha value is -0.510. The monoisotopic (exact) mass is 218 g/mol. The van der Waals surface area contributed by atoms with Crippen molar-refractivity contribution in [3.63, 3.8) is 0 Å². The summed E-state index contributed by atoms with van der Waals surface area (Å²) in [6.45, 7) is 2.67. The maximum atomic E-state index is 5.91. The standard InChI is InChI=1S/C10H18N2O.ClH/c1-8-5-6-10(13-8)9(12)4-2-3-7-11;/h5-6,9H,2-4,7,11-12H2,1H3;1H/t9-;/m1./s1. The lowest BCUT2D eigenvalue weighted by molar-refractivity contribution is 0.427. The molecule has 0 amide bonds. The molecule has 0 aliphatic carbocycles.